The van der Waals surface area contributed by atoms with Gasteiger partial charge in [-0.15, -0.1) is 0 Å². The number of nitrogens with one attached hydrogen (secondary N) is 2. The van der Waals surface area contributed by atoms with Crippen LogP contribution in [0, 0.1) is 5.92 Å². The van der Waals surface area contributed by atoms with Crippen LogP contribution >= 0.6 is 0 Å². The van der Waals surface area contributed by atoms with Gasteiger partial charge in [0.25, 0.3) is 0 Å². The number of carbonyl (C=O) groups excluding carboxylic acids is 2. The molecule has 4 aliphatic rings. The molecule has 45 heavy (non-hydrogen) atoms. The highest BCUT2D eigenvalue weighted by Gasteiger charge is 2.61. The van der Waals surface area contributed by atoms with Crippen molar-refractivity contribution >= 4 is 23.5 Å². The first-order valence-corrected chi connectivity index (χ1v) is 14.7. The van der Waals surface area contributed by atoms with E-state index in [-0.39, 0.29) is 35.7 Å². The van der Waals surface area contributed by atoms with Crippen LogP contribution in [0.15, 0.2) is 62.6 Å². The largest absolute Gasteiger partial charge is 0.477 e. The zero-order valence-electron chi connectivity index (χ0n) is 24.6. The Morgan fingerprint density at radius 1 is 1.16 bits per heavy atom. The number of anilines is 1. The van der Waals surface area contributed by atoms with Gasteiger partial charge in [-0.25, -0.2) is 19.8 Å². The molecule has 0 aliphatic carbocycles. The second kappa shape index (κ2) is 9.92. The van der Waals surface area contributed by atoms with Crippen LogP contribution in [-0.2, 0) is 26.1 Å². The molecule has 2 aromatic carbocycles. The lowest BCUT2D eigenvalue weighted by atomic mass is 9.72. The Morgan fingerprint density at radius 3 is 2.82 bits per heavy atom. The SMILES string of the molecule is COC(=O)c1coc(-c2nc3oc2[C@@]24c5ccccc5NC2Oc2ccc(cc24)C[C@H](NC(=O)[C@@H](O)C(C)C)C2=NC3CO2)n1. The number of ether oxygens (including phenoxy) is 3. The predicted molar refractivity (Wildman–Crippen MR) is 157 cm³/mol. The lowest BCUT2D eigenvalue weighted by molar-refractivity contribution is -0.131. The number of aromatic nitrogens is 2. The Hall–Kier alpha value is -5.17. The summed E-state index contributed by atoms with van der Waals surface area (Å²) in [7, 11) is 1.27. The normalized spacial score (nSPS) is 24.2. The fourth-order valence-electron chi connectivity index (χ4n) is 6.53. The highest BCUT2D eigenvalue weighted by atomic mass is 16.5. The minimum Gasteiger partial charge on any atom is -0.477 e. The van der Waals surface area contributed by atoms with E-state index in [4.69, 9.17) is 33.0 Å². The van der Waals surface area contributed by atoms with Crippen LogP contribution in [0.2, 0.25) is 0 Å². The summed E-state index contributed by atoms with van der Waals surface area (Å²) in [6.07, 6.45) is -0.260. The van der Waals surface area contributed by atoms with Crippen LogP contribution in [0.3, 0.4) is 0 Å². The van der Waals surface area contributed by atoms with Crippen molar-refractivity contribution in [1.82, 2.24) is 15.3 Å². The summed E-state index contributed by atoms with van der Waals surface area (Å²) in [6.45, 7) is 3.65. The van der Waals surface area contributed by atoms with Gasteiger partial charge in [0.15, 0.2) is 29.4 Å². The van der Waals surface area contributed by atoms with E-state index >= 15 is 0 Å². The van der Waals surface area contributed by atoms with Gasteiger partial charge >= 0.3 is 5.97 Å². The van der Waals surface area contributed by atoms with Gasteiger partial charge in [-0.05, 0) is 29.2 Å². The van der Waals surface area contributed by atoms with Crippen molar-refractivity contribution in [3.8, 4) is 17.3 Å². The molecule has 0 fully saturated rings. The number of esters is 1. The standard InChI is InChI=1S/C32H29N5O8/c1-14(2)24(38)26(39)33-19-11-15-8-9-22-17(10-15)32(16-6-4-5-7-18(16)36-31(32)44-22)25-23(29-35-21(13-43-29)30(40)41-3)37-28(45-25)20-12-42-27(19)34-20/h4-10,13-14,19-20,24,31,36,38H,11-12H2,1-3H3,(H,33,39)/t19-,20?,24-,31?,32-/m0/s1. The molecule has 3 N–H and O–H groups in total. The smallest absolute Gasteiger partial charge is 0.360 e. The van der Waals surface area contributed by atoms with Crippen molar-refractivity contribution in [1.29, 1.82) is 0 Å². The number of oxazole rings is 2. The first-order chi connectivity index (χ1) is 21.8. The fraction of sp³-hybridized carbons (Fsp3) is 0.344. The molecule has 4 aromatic rings. The number of aliphatic hydroxyl groups excluding tert-OH is 1. The molecule has 4 aliphatic heterocycles. The second-order valence-corrected chi connectivity index (χ2v) is 11.8. The van der Waals surface area contributed by atoms with E-state index in [0.29, 0.717) is 23.8 Å². The highest BCUT2D eigenvalue weighted by molar-refractivity contribution is 5.90. The Bertz CT molecular complexity index is 1900. The van der Waals surface area contributed by atoms with E-state index in [2.05, 4.69) is 15.6 Å². The monoisotopic (exact) mass is 611 g/mol. The van der Waals surface area contributed by atoms with Crippen molar-refractivity contribution in [3.05, 3.63) is 82.8 Å². The summed E-state index contributed by atoms with van der Waals surface area (Å²) in [5, 5.41) is 16.9. The van der Waals surface area contributed by atoms with Crippen molar-refractivity contribution in [2.75, 3.05) is 19.0 Å². The van der Waals surface area contributed by atoms with E-state index < -0.39 is 41.7 Å². The van der Waals surface area contributed by atoms with E-state index in [1.807, 2.05) is 42.5 Å². The number of rotatable bonds is 5. The summed E-state index contributed by atoms with van der Waals surface area (Å²) in [4.78, 5) is 39.4. The summed E-state index contributed by atoms with van der Waals surface area (Å²) in [5.41, 5.74) is 2.65. The molecule has 6 heterocycles. The Morgan fingerprint density at radius 2 is 2.00 bits per heavy atom. The number of para-hydroxylation sites is 1. The number of hydrogen-bond donors (Lipinski definition) is 3. The van der Waals surface area contributed by atoms with E-state index in [9.17, 15) is 14.7 Å². The summed E-state index contributed by atoms with van der Waals surface area (Å²) in [5.74, 6) is 0.197. The maximum Gasteiger partial charge on any atom is 0.360 e. The van der Waals surface area contributed by atoms with Gasteiger partial charge < -0.3 is 38.8 Å². The van der Waals surface area contributed by atoms with Crippen LogP contribution in [0.5, 0.6) is 5.75 Å². The van der Waals surface area contributed by atoms with Gasteiger partial charge in [-0.3, -0.25) is 4.79 Å². The molecule has 6 bridgehead atoms. The van der Waals surface area contributed by atoms with Crippen molar-refractivity contribution in [3.63, 3.8) is 0 Å². The average molecular weight is 612 g/mol. The third-order valence-corrected chi connectivity index (χ3v) is 8.76. The lowest BCUT2D eigenvalue weighted by Gasteiger charge is -2.27. The minimum atomic E-state index is -1.20. The predicted octanol–water partition coefficient (Wildman–Crippen LogP) is 3.12. The van der Waals surface area contributed by atoms with Gasteiger partial charge in [-0.2, -0.15) is 0 Å². The third-order valence-electron chi connectivity index (χ3n) is 8.76. The quantitative estimate of drug-likeness (QED) is 0.283. The molecule has 1 spiro atoms. The molecule has 5 atom stereocenters. The van der Waals surface area contributed by atoms with E-state index in [1.54, 1.807) is 13.8 Å². The maximum absolute atomic E-state index is 13.0. The number of aliphatic imine (C=N–C) groups is 1. The first-order valence-electron chi connectivity index (χ1n) is 14.7. The summed E-state index contributed by atoms with van der Waals surface area (Å²) < 4.78 is 29.9. The Labute approximate surface area is 256 Å². The Kier molecular flexibility index (Phi) is 6.04. The van der Waals surface area contributed by atoms with Gasteiger partial charge in [0.05, 0.1) is 7.11 Å². The number of carbonyl (C=O) groups is 2. The number of fused-ring (bicyclic) bond motifs is 6. The molecule has 13 nitrogen and oxygen atoms in total. The van der Waals surface area contributed by atoms with Gasteiger partial charge in [0.2, 0.25) is 23.6 Å². The molecule has 230 valence electrons. The molecule has 2 aromatic heterocycles. The molecule has 1 amide bonds. The second-order valence-electron chi connectivity index (χ2n) is 11.8. The van der Waals surface area contributed by atoms with Crippen LogP contribution < -0.4 is 15.4 Å². The van der Waals surface area contributed by atoms with Crippen LogP contribution in [0.1, 0.15) is 58.7 Å². The first kappa shape index (κ1) is 27.4. The topological polar surface area (TPSA) is 171 Å². The fourth-order valence-corrected chi connectivity index (χ4v) is 6.53. The van der Waals surface area contributed by atoms with Crippen molar-refractivity contribution < 1.29 is 37.7 Å². The average Bonchev–Trinajstić information content (AvgIpc) is 3.86. The van der Waals surface area contributed by atoms with Gasteiger partial charge in [0.1, 0.15) is 36.2 Å². The van der Waals surface area contributed by atoms with Crippen molar-refractivity contribution in [2.45, 2.75) is 50.1 Å². The molecule has 13 heteroatoms. The lowest BCUT2D eigenvalue weighted by Crippen LogP contribution is -2.48. The van der Waals surface area contributed by atoms with Crippen LogP contribution in [0.25, 0.3) is 11.6 Å². The number of amides is 1. The van der Waals surface area contributed by atoms with E-state index in [1.165, 1.54) is 13.4 Å². The number of hydrogen-bond acceptors (Lipinski definition) is 12. The third kappa shape index (κ3) is 3.99. The number of aliphatic hydroxyl groups is 1. The zero-order valence-corrected chi connectivity index (χ0v) is 24.6. The van der Waals surface area contributed by atoms with Gasteiger partial charge in [0, 0.05) is 17.7 Å². The molecule has 0 radical (unpaired) electrons. The van der Waals surface area contributed by atoms with E-state index in [0.717, 1.165) is 22.4 Å². The Balaban J connectivity index is 1.36. The maximum atomic E-state index is 13.0. The van der Waals surface area contributed by atoms with Crippen molar-refractivity contribution in [2.24, 2.45) is 10.9 Å². The highest BCUT2D eigenvalue weighted by Crippen LogP contribution is 2.59. The number of nitrogens with zero attached hydrogens (tertiary/aromatic N) is 3. The summed E-state index contributed by atoms with van der Waals surface area (Å²) >= 11 is 0. The molecule has 0 saturated heterocycles. The number of methoxy groups -OCH3 is 1. The van der Waals surface area contributed by atoms with Crippen LogP contribution in [-0.4, -0.2) is 64.9 Å². The zero-order chi connectivity index (χ0) is 31.0. The van der Waals surface area contributed by atoms with Crippen LogP contribution in [0.4, 0.5) is 5.69 Å². The molecular formula is C32H29N5O8. The minimum absolute atomic E-state index is 0.0167. The molecule has 0 saturated carbocycles. The molecular weight excluding hydrogens is 582 g/mol. The molecule has 2 unspecified atom stereocenters. The number of benzene rings is 2. The molecule has 8 rings (SSSR count). The summed E-state index contributed by atoms with van der Waals surface area (Å²) in [6, 6.07) is 12.4. The van der Waals surface area contributed by atoms with Gasteiger partial charge in [-0.1, -0.05) is 44.2 Å².